The summed E-state index contributed by atoms with van der Waals surface area (Å²) in [5.41, 5.74) is 0. The SMILES string of the molecule is CC(C)C(Cn1nccn1)NS(C)(=O)=O. The smallest absolute Gasteiger partial charge is 0.209 e. The van der Waals surface area contributed by atoms with Gasteiger partial charge in [0, 0.05) is 6.04 Å². The number of nitrogens with one attached hydrogen (secondary N) is 1. The Morgan fingerprint density at radius 3 is 2.27 bits per heavy atom. The van der Waals surface area contributed by atoms with Crippen LogP contribution in [-0.2, 0) is 16.6 Å². The van der Waals surface area contributed by atoms with Crippen molar-refractivity contribution in [1.82, 2.24) is 19.7 Å². The number of aromatic nitrogens is 3. The molecule has 1 atom stereocenters. The Labute approximate surface area is 89.7 Å². The molecule has 86 valence electrons. The molecular formula is C8H16N4O2S. The third-order valence-corrected chi connectivity index (χ3v) is 2.73. The predicted molar refractivity (Wildman–Crippen MR) is 56.6 cm³/mol. The van der Waals surface area contributed by atoms with Crippen LogP contribution in [0.2, 0.25) is 0 Å². The number of rotatable bonds is 5. The van der Waals surface area contributed by atoms with Crippen molar-refractivity contribution in [3.63, 3.8) is 0 Å². The Morgan fingerprint density at radius 2 is 1.87 bits per heavy atom. The van der Waals surface area contributed by atoms with E-state index in [-0.39, 0.29) is 12.0 Å². The van der Waals surface area contributed by atoms with Crippen molar-refractivity contribution in [2.24, 2.45) is 5.92 Å². The van der Waals surface area contributed by atoms with Crippen LogP contribution in [0.3, 0.4) is 0 Å². The summed E-state index contributed by atoms with van der Waals surface area (Å²) in [6, 6.07) is -0.188. The zero-order chi connectivity index (χ0) is 11.5. The molecule has 1 N–H and O–H groups in total. The van der Waals surface area contributed by atoms with Gasteiger partial charge in [0.15, 0.2) is 0 Å². The molecule has 15 heavy (non-hydrogen) atoms. The first-order chi connectivity index (χ1) is 6.88. The van der Waals surface area contributed by atoms with Crippen LogP contribution >= 0.6 is 0 Å². The van der Waals surface area contributed by atoms with Gasteiger partial charge in [0.25, 0.3) is 0 Å². The molecule has 1 aromatic rings. The van der Waals surface area contributed by atoms with E-state index in [0.717, 1.165) is 6.26 Å². The van der Waals surface area contributed by atoms with Crippen LogP contribution in [0, 0.1) is 5.92 Å². The zero-order valence-electron chi connectivity index (χ0n) is 9.08. The van der Waals surface area contributed by atoms with E-state index in [2.05, 4.69) is 14.9 Å². The second-order valence-electron chi connectivity index (χ2n) is 3.82. The topological polar surface area (TPSA) is 76.9 Å². The lowest BCUT2D eigenvalue weighted by Gasteiger charge is -2.20. The third kappa shape index (κ3) is 4.39. The summed E-state index contributed by atoms with van der Waals surface area (Å²) < 4.78 is 24.8. The normalized spacial score (nSPS) is 14.4. The van der Waals surface area contributed by atoms with E-state index in [4.69, 9.17) is 0 Å². The summed E-state index contributed by atoms with van der Waals surface area (Å²) in [7, 11) is -3.19. The first-order valence-corrected chi connectivity index (χ1v) is 6.59. The summed E-state index contributed by atoms with van der Waals surface area (Å²) >= 11 is 0. The molecule has 0 radical (unpaired) electrons. The van der Waals surface area contributed by atoms with Gasteiger partial charge >= 0.3 is 0 Å². The standard InChI is InChI=1S/C8H16N4O2S/c1-7(2)8(11-15(3,13)14)6-12-9-4-5-10-12/h4-5,7-8,11H,6H2,1-3H3. The largest absolute Gasteiger partial charge is 0.213 e. The Kier molecular flexibility index (Phi) is 3.81. The molecule has 1 rings (SSSR count). The fourth-order valence-electron chi connectivity index (χ4n) is 1.17. The lowest BCUT2D eigenvalue weighted by Crippen LogP contribution is -2.41. The van der Waals surface area contributed by atoms with Gasteiger partial charge in [-0.1, -0.05) is 13.8 Å². The maximum Gasteiger partial charge on any atom is 0.209 e. The van der Waals surface area contributed by atoms with Gasteiger partial charge in [0.1, 0.15) is 0 Å². The Bertz CT molecular complexity index is 385. The lowest BCUT2D eigenvalue weighted by atomic mass is 10.1. The van der Waals surface area contributed by atoms with Gasteiger partial charge in [-0.25, -0.2) is 13.1 Å². The van der Waals surface area contributed by atoms with Gasteiger partial charge in [-0.15, -0.1) is 0 Å². The molecule has 0 aliphatic carbocycles. The summed E-state index contributed by atoms with van der Waals surface area (Å²) in [5, 5.41) is 7.88. The Balaban J connectivity index is 2.67. The van der Waals surface area contributed by atoms with Gasteiger partial charge in [-0.3, -0.25) is 0 Å². The molecule has 0 aromatic carbocycles. The van der Waals surface area contributed by atoms with Crippen molar-refractivity contribution in [2.75, 3.05) is 6.26 Å². The van der Waals surface area contributed by atoms with E-state index in [9.17, 15) is 8.42 Å². The van der Waals surface area contributed by atoms with Crippen molar-refractivity contribution in [1.29, 1.82) is 0 Å². The van der Waals surface area contributed by atoms with Crippen LogP contribution in [-0.4, -0.2) is 35.7 Å². The number of sulfonamides is 1. The highest BCUT2D eigenvalue weighted by Gasteiger charge is 2.18. The molecule has 0 bridgehead atoms. The maximum absolute atomic E-state index is 11.1. The van der Waals surface area contributed by atoms with E-state index in [1.54, 1.807) is 12.4 Å². The molecule has 0 aliphatic heterocycles. The molecule has 0 aliphatic rings. The molecular weight excluding hydrogens is 216 g/mol. The first-order valence-electron chi connectivity index (χ1n) is 4.70. The minimum Gasteiger partial charge on any atom is -0.213 e. The quantitative estimate of drug-likeness (QED) is 0.766. The third-order valence-electron chi connectivity index (χ3n) is 2.00. The molecule has 0 amide bonds. The van der Waals surface area contributed by atoms with Crippen LogP contribution in [0.1, 0.15) is 13.8 Å². The molecule has 6 nitrogen and oxygen atoms in total. The van der Waals surface area contributed by atoms with Gasteiger partial charge in [0.05, 0.1) is 25.2 Å². The van der Waals surface area contributed by atoms with Crippen molar-refractivity contribution in [3.05, 3.63) is 12.4 Å². The highest BCUT2D eigenvalue weighted by atomic mass is 32.2. The van der Waals surface area contributed by atoms with E-state index in [0.29, 0.717) is 6.54 Å². The van der Waals surface area contributed by atoms with E-state index >= 15 is 0 Å². The molecule has 0 saturated carbocycles. The van der Waals surface area contributed by atoms with Crippen molar-refractivity contribution < 1.29 is 8.42 Å². The van der Waals surface area contributed by atoms with E-state index < -0.39 is 10.0 Å². The maximum atomic E-state index is 11.1. The molecule has 1 unspecified atom stereocenters. The minimum absolute atomic E-state index is 0.186. The van der Waals surface area contributed by atoms with Crippen molar-refractivity contribution in [2.45, 2.75) is 26.4 Å². The fourth-order valence-corrected chi connectivity index (χ4v) is 2.07. The zero-order valence-corrected chi connectivity index (χ0v) is 9.90. The molecule has 0 saturated heterocycles. The number of hydrogen-bond acceptors (Lipinski definition) is 4. The fraction of sp³-hybridized carbons (Fsp3) is 0.750. The van der Waals surface area contributed by atoms with Crippen molar-refractivity contribution in [3.8, 4) is 0 Å². The minimum atomic E-state index is -3.19. The first kappa shape index (κ1) is 12.1. The second-order valence-corrected chi connectivity index (χ2v) is 5.60. The number of hydrogen-bond donors (Lipinski definition) is 1. The highest BCUT2D eigenvalue weighted by molar-refractivity contribution is 7.88. The Hall–Kier alpha value is -0.950. The average molecular weight is 232 g/mol. The van der Waals surface area contributed by atoms with Crippen molar-refractivity contribution >= 4 is 10.0 Å². The predicted octanol–water partition coefficient (Wildman–Crippen LogP) is -0.148. The van der Waals surface area contributed by atoms with Gasteiger partial charge < -0.3 is 0 Å². The van der Waals surface area contributed by atoms with Gasteiger partial charge in [-0.05, 0) is 5.92 Å². The van der Waals surface area contributed by atoms with Crippen LogP contribution in [0.4, 0.5) is 0 Å². The van der Waals surface area contributed by atoms with Crippen LogP contribution in [0.5, 0.6) is 0 Å². The summed E-state index contributed by atoms with van der Waals surface area (Å²) in [4.78, 5) is 1.48. The molecule has 1 aromatic heterocycles. The average Bonchev–Trinajstić information content (AvgIpc) is 2.52. The lowest BCUT2D eigenvalue weighted by molar-refractivity contribution is 0.362. The van der Waals surface area contributed by atoms with Crippen LogP contribution < -0.4 is 4.72 Å². The molecule has 1 heterocycles. The van der Waals surface area contributed by atoms with E-state index in [1.165, 1.54) is 4.80 Å². The molecule has 0 fully saturated rings. The second kappa shape index (κ2) is 4.71. The number of nitrogens with zero attached hydrogens (tertiary/aromatic N) is 3. The van der Waals surface area contributed by atoms with Gasteiger partial charge in [-0.2, -0.15) is 15.0 Å². The summed E-state index contributed by atoms with van der Waals surface area (Å²) in [5.74, 6) is 0.186. The van der Waals surface area contributed by atoms with Crippen LogP contribution in [0.25, 0.3) is 0 Å². The van der Waals surface area contributed by atoms with Gasteiger partial charge in [0.2, 0.25) is 10.0 Å². The highest BCUT2D eigenvalue weighted by Crippen LogP contribution is 2.04. The molecule has 0 spiro atoms. The summed E-state index contributed by atoms with van der Waals surface area (Å²) in [6.45, 7) is 4.34. The monoisotopic (exact) mass is 232 g/mol. The Morgan fingerprint density at radius 1 is 1.33 bits per heavy atom. The van der Waals surface area contributed by atoms with E-state index in [1.807, 2.05) is 13.8 Å². The summed E-state index contributed by atoms with van der Waals surface area (Å²) in [6.07, 6.45) is 4.29. The van der Waals surface area contributed by atoms with Crippen LogP contribution in [0.15, 0.2) is 12.4 Å². The molecule has 7 heteroatoms.